The van der Waals surface area contributed by atoms with Gasteiger partial charge < -0.3 is 5.11 Å². The van der Waals surface area contributed by atoms with E-state index in [0.29, 0.717) is 5.92 Å². The molecule has 1 nitrogen and oxygen atoms in total. The third kappa shape index (κ3) is 1.26. The van der Waals surface area contributed by atoms with Gasteiger partial charge in [-0.2, -0.15) is 0 Å². The molecule has 1 N–H and O–H groups in total. The Kier molecular flexibility index (Phi) is 1.80. The van der Waals surface area contributed by atoms with E-state index in [4.69, 9.17) is 0 Å². The van der Waals surface area contributed by atoms with Gasteiger partial charge in [0.2, 0.25) is 0 Å². The first-order valence-electron chi connectivity index (χ1n) is 3.89. The van der Waals surface area contributed by atoms with E-state index in [0.717, 1.165) is 12.8 Å². The summed E-state index contributed by atoms with van der Waals surface area (Å²) in [5, 5.41) is 9.65. The summed E-state index contributed by atoms with van der Waals surface area (Å²) in [6.45, 7) is 4.12. The molecule has 1 aliphatic rings. The minimum absolute atomic E-state index is 0.339. The van der Waals surface area contributed by atoms with Crippen LogP contribution in [0.5, 0.6) is 0 Å². The molecule has 0 unspecified atom stereocenters. The summed E-state index contributed by atoms with van der Waals surface area (Å²) in [5.41, 5.74) is -0.339. The van der Waals surface area contributed by atoms with Gasteiger partial charge in [-0.1, -0.05) is 19.8 Å². The molecule has 0 aromatic heterocycles. The maximum atomic E-state index is 9.65. The predicted octanol–water partition coefficient (Wildman–Crippen LogP) is 1.95. The minimum Gasteiger partial charge on any atom is -0.390 e. The zero-order valence-electron chi connectivity index (χ0n) is 6.35. The molecule has 1 fully saturated rings. The second-order valence-corrected chi connectivity index (χ2v) is 3.35. The second kappa shape index (κ2) is 2.30. The molecule has 0 spiro atoms. The van der Waals surface area contributed by atoms with Crippen LogP contribution in [0.2, 0.25) is 0 Å². The average Bonchev–Trinajstić information content (AvgIpc) is 2.08. The first-order chi connectivity index (χ1) is 4.17. The van der Waals surface area contributed by atoms with Crippen molar-refractivity contribution in [3.8, 4) is 0 Å². The van der Waals surface area contributed by atoms with E-state index in [2.05, 4.69) is 6.92 Å². The topological polar surface area (TPSA) is 20.2 Å². The maximum Gasteiger partial charge on any atom is 0.0647 e. The molecule has 0 aliphatic heterocycles. The van der Waals surface area contributed by atoms with Crippen LogP contribution in [-0.4, -0.2) is 10.7 Å². The zero-order chi connectivity index (χ0) is 6.91. The summed E-state index contributed by atoms with van der Waals surface area (Å²) in [5.74, 6) is 0.567. The van der Waals surface area contributed by atoms with Crippen LogP contribution in [0.1, 0.15) is 39.5 Å². The zero-order valence-corrected chi connectivity index (χ0v) is 6.35. The molecule has 0 bridgehead atoms. The van der Waals surface area contributed by atoms with Crippen molar-refractivity contribution >= 4 is 0 Å². The lowest BCUT2D eigenvalue weighted by atomic mass is 9.91. The van der Waals surface area contributed by atoms with Crippen LogP contribution in [0, 0.1) is 5.92 Å². The molecule has 1 aliphatic carbocycles. The molecule has 0 heterocycles. The molecular formula is C8H16O. The first-order valence-corrected chi connectivity index (χ1v) is 3.89. The van der Waals surface area contributed by atoms with Crippen LogP contribution in [0.15, 0.2) is 0 Å². The molecule has 54 valence electrons. The molecule has 0 radical (unpaired) electrons. The monoisotopic (exact) mass is 128 g/mol. The van der Waals surface area contributed by atoms with Gasteiger partial charge in [0.25, 0.3) is 0 Å². The molecule has 0 aromatic carbocycles. The number of rotatable bonds is 1. The van der Waals surface area contributed by atoms with E-state index in [-0.39, 0.29) is 5.60 Å². The molecule has 0 aromatic rings. The fourth-order valence-corrected chi connectivity index (χ4v) is 1.87. The summed E-state index contributed by atoms with van der Waals surface area (Å²) < 4.78 is 0. The summed E-state index contributed by atoms with van der Waals surface area (Å²) in [6.07, 6.45) is 4.58. The van der Waals surface area contributed by atoms with Crippen molar-refractivity contribution in [1.82, 2.24) is 0 Å². The van der Waals surface area contributed by atoms with Gasteiger partial charge in [-0.05, 0) is 25.7 Å². The van der Waals surface area contributed by atoms with Gasteiger partial charge in [0.15, 0.2) is 0 Å². The van der Waals surface area contributed by atoms with Crippen LogP contribution in [0.3, 0.4) is 0 Å². The summed E-state index contributed by atoms with van der Waals surface area (Å²) >= 11 is 0. The van der Waals surface area contributed by atoms with Crippen LogP contribution in [0.25, 0.3) is 0 Å². The molecule has 0 amide bonds. The van der Waals surface area contributed by atoms with E-state index >= 15 is 0 Å². The van der Waals surface area contributed by atoms with Gasteiger partial charge in [0.05, 0.1) is 5.60 Å². The highest BCUT2D eigenvalue weighted by molar-refractivity contribution is 4.87. The highest BCUT2D eigenvalue weighted by atomic mass is 16.3. The van der Waals surface area contributed by atoms with Crippen LogP contribution < -0.4 is 0 Å². The summed E-state index contributed by atoms with van der Waals surface area (Å²) in [4.78, 5) is 0. The lowest BCUT2D eigenvalue weighted by Crippen LogP contribution is -2.27. The first kappa shape index (κ1) is 7.07. The van der Waals surface area contributed by atoms with E-state index in [9.17, 15) is 5.11 Å². The Bertz CT molecular complexity index is 96.7. The van der Waals surface area contributed by atoms with Gasteiger partial charge in [0, 0.05) is 0 Å². The van der Waals surface area contributed by atoms with Gasteiger partial charge in [-0.3, -0.25) is 0 Å². The SMILES string of the molecule is CC[C@@H]1CCC[C@@]1(C)O. The van der Waals surface area contributed by atoms with Gasteiger partial charge in [-0.25, -0.2) is 0 Å². The summed E-state index contributed by atoms with van der Waals surface area (Å²) in [7, 11) is 0. The fourth-order valence-electron chi connectivity index (χ4n) is 1.87. The van der Waals surface area contributed by atoms with Crippen molar-refractivity contribution in [1.29, 1.82) is 0 Å². The van der Waals surface area contributed by atoms with E-state index in [1.807, 2.05) is 6.92 Å². The smallest absolute Gasteiger partial charge is 0.0647 e. The van der Waals surface area contributed by atoms with Gasteiger partial charge >= 0.3 is 0 Å². The van der Waals surface area contributed by atoms with Crippen LogP contribution >= 0.6 is 0 Å². The second-order valence-electron chi connectivity index (χ2n) is 3.35. The Morgan fingerprint density at radius 1 is 1.67 bits per heavy atom. The number of hydrogen-bond donors (Lipinski definition) is 1. The number of aliphatic hydroxyl groups is 1. The van der Waals surface area contributed by atoms with Crippen molar-refractivity contribution in [3.05, 3.63) is 0 Å². The van der Waals surface area contributed by atoms with Crippen molar-refractivity contribution < 1.29 is 5.11 Å². The molecule has 9 heavy (non-hydrogen) atoms. The van der Waals surface area contributed by atoms with Crippen molar-refractivity contribution in [3.63, 3.8) is 0 Å². The van der Waals surface area contributed by atoms with E-state index < -0.39 is 0 Å². The van der Waals surface area contributed by atoms with E-state index in [1.54, 1.807) is 0 Å². The standard InChI is InChI=1S/C8H16O/c1-3-7-5-4-6-8(7,2)9/h7,9H,3-6H2,1-2H3/t7-,8-/m1/s1. The van der Waals surface area contributed by atoms with Crippen LogP contribution in [-0.2, 0) is 0 Å². The largest absolute Gasteiger partial charge is 0.390 e. The Morgan fingerprint density at radius 3 is 2.56 bits per heavy atom. The van der Waals surface area contributed by atoms with Crippen molar-refractivity contribution in [2.24, 2.45) is 5.92 Å². The Balaban J connectivity index is 2.52. The molecule has 1 heteroatoms. The predicted molar refractivity (Wildman–Crippen MR) is 38.3 cm³/mol. The van der Waals surface area contributed by atoms with Crippen LogP contribution in [0.4, 0.5) is 0 Å². The normalized spacial score (nSPS) is 43.7. The Hall–Kier alpha value is -0.0400. The highest BCUT2D eigenvalue weighted by Crippen LogP contribution is 2.36. The van der Waals surface area contributed by atoms with Gasteiger partial charge in [0.1, 0.15) is 0 Å². The third-order valence-electron chi connectivity index (χ3n) is 2.61. The molecule has 2 atom stereocenters. The maximum absolute atomic E-state index is 9.65. The Morgan fingerprint density at radius 2 is 2.33 bits per heavy atom. The minimum atomic E-state index is -0.339. The third-order valence-corrected chi connectivity index (χ3v) is 2.61. The quantitative estimate of drug-likeness (QED) is 0.572. The van der Waals surface area contributed by atoms with Crippen molar-refractivity contribution in [2.75, 3.05) is 0 Å². The molecular weight excluding hydrogens is 112 g/mol. The average molecular weight is 128 g/mol. The lowest BCUT2D eigenvalue weighted by molar-refractivity contribution is 0.0199. The Labute approximate surface area is 57.1 Å². The van der Waals surface area contributed by atoms with E-state index in [1.165, 1.54) is 12.8 Å². The molecule has 0 saturated heterocycles. The molecule has 1 rings (SSSR count). The molecule has 1 saturated carbocycles. The highest BCUT2D eigenvalue weighted by Gasteiger charge is 2.34. The summed E-state index contributed by atoms with van der Waals surface area (Å²) in [6, 6.07) is 0. The van der Waals surface area contributed by atoms with Crippen molar-refractivity contribution in [2.45, 2.75) is 45.1 Å². The number of hydrogen-bond acceptors (Lipinski definition) is 1. The fraction of sp³-hybridized carbons (Fsp3) is 1.00. The lowest BCUT2D eigenvalue weighted by Gasteiger charge is -2.23. The van der Waals surface area contributed by atoms with Gasteiger partial charge in [-0.15, -0.1) is 0 Å².